The van der Waals surface area contributed by atoms with Crippen LogP contribution < -0.4 is 0 Å². The van der Waals surface area contributed by atoms with Crippen molar-refractivity contribution < 1.29 is 4.79 Å². The number of carbonyl (C=O) groups is 1. The first-order chi connectivity index (χ1) is 13.2. The van der Waals surface area contributed by atoms with E-state index in [0.717, 1.165) is 43.0 Å². The van der Waals surface area contributed by atoms with Crippen LogP contribution in [0.3, 0.4) is 0 Å². The molecule has 2 heterocycles. The van der Waals surface area contributed by atoms with Gasteiger partial charge in [-0.1, -0.05) is 42.5 Å². The Bertz CT molecular complexity index is 875. The average molecular weight is 380 g/mol. The maximum atomic E-state index is 12.9. The standard InChI is InChI=1S/C22H25N3OS/c1-24-14-15-25(19(16-24)17-8-3-2-4-9-17)22(26)13-7-12-21-23-18-10-5-6-11-20(18)27-21/h2-6,8-11,19H,7,12-16H2,1H3. The van der Waals surface area contributed by atoms with E-state index in [1.807, 2.05) is 18.2 Å². The van der Waals surface area contributed by atoms with Gasteiger partial charge < -0.3 is 9.80 Å². The molecule has 0 bridgehead atoms. The zero-order valence-electron chi connectivity index (χ0n) is 15.7. The van der Waals surface area contributed by atoms with E-state index in [0.29, 0.717) is 6.42 Å². The molecule has 0 aliphatic carbocycles. The molecule has 140 valence electrons. The van der Waals surface area contributed by atoms with Crippen LogP contribution in [0.15, 0.2) is 54.6 Å². The monoisotopic (exact) mass is 379 g/mol. The number of rotatable bonds is 5. The molecule has 0 N–H and O–H groups in total. The first-order valence-electron chi connectivity index (χ1n) is 9.58. The second-order valence-corrected chi connectivity index (χ2v) is 8.32. The van der Waals surface area contributed by atoms with Crippen LogP contribution in [0.25, 0.3) is 10.2 Å². The molecule has 0 saturated carbocycles. The van der Waals surface area contributed by atoms with E-state index in [1.54, 1.807) is 11.3 Å². The summed E-state index contributed by atoms with van der Waals surface area (Å²) >= 11 is 1.74. The normalized spacial score (nSPS) is 18.1. The Labute approximate surface area is 164 Å². The van der Waals surface area contributed by atoms with Gasteiger partial charge in [0.15, 0.2) is 0 Å². The Morgan fingerprint density at radius 2 is 1.89 bits per heavy atom. The van der Waals surface area contributed by atoms with Gasteiger partial charge in [0.2, 0.25) is 5.91 Å². The van der Waals surface area contributed by atoms with Crippen LogP contribution in [0.4, 0.5) is 0 Å². The largest absolute Gasteiger partial charge is 0.333 e. The molecule has 1 aliphatic heterocycles. The molecule has 1 amide bonds. The van der Waals surface area contributed by atoms with Crippen molar-refractivity contribution in [2.24, 2.45) is 0 Å². The summed E-state index contributed by atoms with van der Waals surface area (Å²) in [7, 11) is 2.13. The van der Waals surface area contributed by atoms with Gasteiger partial charge in [-0.25, -0.2) is 4.98 Å². The van der Waals surface area contributed by atoms with Gasteiger partial charge in [0, 0.05) is 26.1 Å². The predicted octanol–water partition coefficient (Wildman–Crippen LogP) is 4.13. The molecular formula is C22H25N3OS. The van der Waals surface area contributed by atoms with Crippen molar-refractivity contribution in [1.82, 2.24) is 14.8 Å². The Hall–Kier alpha value is -2.24. The third-order valence-electron chi connectivity index (χ3n) is 5.21. The average Bonchev–Trinajstić information content (AvgIpc) is 3.11. The Morgan fingerprint density at radius 3 is 2.70 bits per heavy atom. The number of carbonyl (C=O) groups excluding carboxylic acids is 1. The lowest BCUT2D eigenvalue weighted by Crippen LogP contribution is -2.49. The molecule has 2 aromatic carbocycles. The highest BCUT2D eigenvalue weighted by Gasteiger charge is 2.29. The lowest BCUT2D eigenvalue weighted by molar-refractivity contribution is -0.136. The quantitative estimate of drug-likeness (QED) is 0.669. The molecule has 1 unspecified atom stereocenters. The number of aryl methyl sites for hydroxylation is 1. The summed E-state index contributed by atoms with van der Waals surface area (Å²) in [6.45, 7) is 2.64. The molecule has 1 saturated heterocycles. The number of nitrogens with zero attached hydrogens (tertiary/aromatic N) is 3. The summed E-state index contributed by atoms with van der Waals surface area (Å²) in [4.78, 5) is 22.0. The van der Waals surface area contributed by atoms with E-state index in [-0.39, 0.29) is 11.9 Å². The van der Waals surface area contributed by atoms with E-state index in [9.17, 15) is 4.79 Å². The first kappa shape index (κ1) is 18.1. The zero-order valence-corrected chi connectivity index (χ0v) is 16.5. The van der Waals surface area contributed by atoms with Crippen molar-refractivity contribution >= 4 is 27.5 Å². The number of hydrogen-bond acceptors (Lipinski definition) is 4. The van der Waals surface area contributed by atoms with Gasteiger partial charge in [-0.3, -0.25) is 4.79 Å². The van der Waals surface area contributed by atoms with Gasteiger partial charge in [-0.2, -0.15) is 0 Å². The zero-order chi connectivity index (χ0) is 18.6. The van der Waals surface area contributed by atoms with Crippen LogP contribution in [0.5, 0.6) is 0 Å². The highest BCUT2D eigenvalue weighted by Crippen LogP contribution is 2.27. The van der Waals surface area contributed by atoms with Gasteiger partial charge in [-0.05, 0) is 37.6 Å². The van der Waals surface area contributed by atoms with Gasteiger partial charge in [-0.15, -0.1) is 11.3 Å². The van der Waals surface area contributed by atoms with Crippen molar-refractivity contribution in [2.75, 3.05) is 26.7 Å². The minimum atomic E-state index is 0.153. The van der Waals surface area contributed by atoms with Crippen molar-refractivity contribution in [3.05, 3.63) is 65.2 Å². The van der Waals surface area contributed by atoms with Gasteiger partial charge in [0.05, 0.1) is 21.3 Å². The maximum absolute atomic E-state index is 12.9. The molecule has 1 aromatic heterocycles. The van der Waals surface area contributed by atoms with Crippen LogP contribution >= 0.6 is 11.3 Å². The minimum Gasteiger partial charge on any atom is -0.333 e. The minimum absolute atomic E-state index is 0.153. The van der Waals surface area contributed by atoms with Crippen molar-refractivity contribution in [2.45, 2.75) is 25.3 Å². The molecule has 0 spiro atoms. The molecule has 3 aromatic rings. The van der Waals surface area contributed by atoms with E-state index < -0.39 is 0 Å². The summed E-state index contributed by atoms with van der Waals surface area (Å²) in [5, 5.41) is 1.13. The Kier molecular flexibility index (Phi) is 5.50. The van der Waals surface area contributed by atoms with E-state index in [2.05, 4.69) is 58.2 Å². The molecule has 27 heavy (non-hydrogen) atoms. The topological polar surface area (TPSA) is 36.4 Å². The number of para-hydroxylation sites is 1. The summed E-state index contributed by atoms with van der Waals surface area (Å²) in [6, 6.07) is 18.8. The fraction of sp³-hybridized carbons (Fsp3) is 0.364. The second kappa shape index (κ2) is 8.19. The second-order valence-electron chi connectivity index (χ2n) is 7.20. The van der Waals surface area contributed by atoms with E-state index in [1.165, 1.54) is 10.3 Å². The number of aromatic nitrogens is 1. The van der Waals surface area contributed by atoms with Crippen molar-refractivity contribution in [1.29, 1.82) is 0 Å². The Balaban J connectivity index is 1.38. The van der Waals surface area contributed by atoms with E-state index in [4.69, 9.17) is 0 Å². The fourth-order valence-electron chi connectivity index (χ4n) is 3.74. The van der Waals surface area contributed by atoms with Crippen molar-refractivity contribution in [3.63, 3.8) is 0 Å². The summed E-state index contributed by atoms with van der Waals surface area (Å²) in [5.41, 5.74) is 2.29. The third-order valence-corrected chi connectivity index (χ3v) is 6.30. The number of piperazine rings is 1. The molecule has 0 radical (unpaired) electrons. The lowest BCUT2D eigenvalue weighted by atomic mass is 10.0. The molecule has 5 heteroatoms. The van der Waals surface area contributed by atoms with Crippen molar-refractivity contribution in [3.8, 4) is 0 Å². The summed E-state index contributed by atoms with van der Waals surface area (Å²) in [6.07, 6.45) is 2.31. The van der Waals surface area contributed by atoms with Crippen LogP contribution in [0.1, 0.15) is 29.5 Å². The predicted molar refractivity (Wildman–Crippen MR) is 111 cm³/mol. The molecular weight excluding hydrogens is 354 g/mol. The van der Waals surface area contributed by atoms with Crippen LogP contribution in [0.2, 0.25) is 0 Å². The van der Waals surface area contributed by atoms with Gasteiger partial charge in [0.25, 0.3) is 0 Å². The number of amides is 1. The fourth-order valence-corrected chi connectivity index (χ4v) is 4.75. The third kappa shape index (κ3) is 4.20. The first-order valence-corrected chi connectivity index (χ1v) is 10.4. The number of likely N-dealkylation sites (N-methyl/N-ethyl adjacent to an activating group) is 1. The highest BCUT2D eigenvalue weighted by molar-refractivity contribution is 7.18. The molecule has 1 aliphatic rings. The number of hydrogen-bond donors (Lipinski definition) is 0. The molecule has 4 nitrogen and oxygen atoms in total. The molecule has 4 rings (SSSR count). The van der Waals surface area contributed by atoms with Gasteiger partial charge >= 0.3 is 0 Å². The number of thiazole rings is 1. The smallest absolute Gasteiger partial charge is 0.223 e. The van der Waals surface area contributed by atoms with Crippen LogP contribution in [-0.2, 0) is 11.2 Å². The summed E-state index contributed by atoms with van der Waals surface area (Å²) in [5.74, 6) is 0.262. The van der Waals surface area contributed by atoms with Gasteiger partial charge in [0.1, 0.15) is 0 Å². The lowest BCUT2D eigenvalue weighted by Gasteiger charge is -2.40. The Morgan fingerprint density at radius 1 is 1.11 bits per heavy atom. The molecule has 1 fully saturated rings. The van der Waals surface area contributed by atoms with Crippen LogP contribution in [0, 0.1) is 0 Å². The maximum Gasteiger partial charge on any atom is 0.223 e. The SMILES string of the molecule is CN1CCN(C(=O)CCCc2nc3ccccc3s2)C(c2ccccc2)C1. The highest BCUT2D eigenvalue weighted by atomic mass is 32.1. The summed E-state index contributed by atoms with van der Waals surface area (Å²) < 4.78 is 1.22. The number of fused-ring (bicyclic) bond motifs is 1. The van der Waals surface area contributed by atoms with Crippen LogP contribution in [-0.4, -0.2) is 47.4 Å². The molecule has 1 atom stereocenters. The number of benzene rings is 2. The van der Waals surface area contributed by atoms with E-state index >= 15 is 0 Å².